The minimum atomic E-state index is -1.04. The molecule has 232 valence electrons. The number of Topliss-reactive ketones (excluding diaryl/α,β-unsaturated/α-hetero) is 1. The Hall–Kier alpha value is -4.26. The highest BCUT2D eigenvalue weighted by Crippen LogP contribution is 2.46. The number of aromatic nitrogens is 2. The molecule has 1 atom stereocenters. The molecule has 0 aliphatic carbocycles. The number of carbonyl (C=O) groups excluding carboxylic acids is 2. The van der Waals surface area contributed by atoms with Gasteiger partial charge in [0.1, 0.15) is 19.0 Å². The van der Waals surface area contributed by atoms with Crippen molar-refractivity contribution in [3.8, 4) is 23.0 Å². The number of halogens is 1. The Morgan fingerprint density at radius 1 is 1.00 bits per heavy atom. The van der Waals surface area contributed by atoms with Gasteiger partial charge in [-0.3, -0.25) is 14.5 Å². The average molecular weight is 666 g/mol. The zero-order chi connectivity index (χ0) is 31.5. The lowest BCUT2D eigenvalue weighted by molar-refractivity contribution is -0.132. The molecule has 4 aromatic rings. The van der Waals surface area contributed by atoms with Crippen molar-refractivity contribution in [2.45, 2.75) is 30.0 Å². The second-order valence-corrected chi connectivity index (χ2v) is 12.4. The molecule has 10 nitrogen and oxygen atoms in total. The van der Waals surface area contributed by atoms with E-state index in [0.717, 1.165) is 5.56 Å². The number of ketones is 1. The number of amides is 1. The Bertz CT molecular complexity index is 1790. The summed E-state index contributed by atoms with van der Waals surface area (Å²) in [6, 6.07) is 16.5. The average Bonchev–Trinajstić information content (AvgIpc) is 3.62. The summed E-state index contributed by atoms with van der Waals surface area (Å²) < 4.78 is 23.5. The fourth-order valence-electron chi connectivity index (χ4n) is 5.04. The minimum absolute atomic E-state index is 0.108. The lowest BCUT2D eigenvalue weighted by Crippen LogP contribution is -2.29. The van der Waals surface area contributed by atoms with Gasteiger partial charge in [0, 0.05) is 16.3 Å². The van der Waals surface area contributed by atoms with E-state index < -0.39 is 17.7 Å². The van der Waals surface area contributed by atoms with Crippen LogP contribution < -0.4 is 23.8 Å². The number of aliphatic hydroxyl groups is 1. The Morgan fingerprint density at radius 3 is 2.53 bits per heavy atom. The van der Waals surface area contributed by atoms with Crippen molar-refractivity contribution in [2.75, 3.05) is 31.3 Å². The van der Waals surface area contributed by atoms with E-state index >= 15 is 0 Å². The maximum absolute atomic E-state index is 13.7. The molecular formula is C32H28ClN3O7S2. The molecule has 2 aliphatic rings. The summed E-state index contributed by atoms with van der Waals surface area (Å²) in [5.74, 6) is 0.388. The first-order valence-electron chi connectivity index (χ1n) is 14.2. The fraction of sp³-hybridized carbons (Fsp3) is 0.250. The van der Waals surface area contributed by atoms with Crippen molar-refractivity contribution in [3.63, 3.8) is 0 Å². The SMILES string of the molecule is CCOc1ccc([C@@H]2C(=C(O)c3ccc4c(c3)OCCO4)C(=O)C(=O)N2c2nnc(SCc3ccccc3Cl)s2)cc1OCC. The second kappa shape index (κ2) is 13.4. The van der Waals surface area contributed by atoms with Crippen LogP contribution in [-0.4, -0.2) is 53.4 Å². The first-order chi connectivity index (χ1) is 21.9. The Labute approximate surface area is 272 Å². The number of aliphatic hydroxyl groups excluding tert-OH is 1. The Morgan fingerprint density at radius 2 is 1.76 bits per heavy atom. The maximum Gasteiger partial charge on any atom is 0.301 e. The highest BCUT2D eigenvalue weighted by Gasteiger charge is 2.48. The van der Waals surface area contributed by atoms with Gasteiger partial charge in [-0.15, -0.1) is 10.2 Å². The number of hydrogen-bond donors (Lipinski definition) is 1. The van der Waals surface area contributed by atoms with Gasteiger partial charge in [-0.2, -0.15) is 0 Å². The van der Waals surface area contributed by atoms with Gasteiger partial charge in [-0.1, -0.05) is 59.0 Å². The van der Waals surface area contributed by atoms with E-state index in [1.54, 1.807) is 36.4 Å². The van der Waals surface area contributed by atoms with E-state index in [1.807, 2.05) is 38.1 Å². The van der Waals surface area contributed by atoms with Crippen LogP contribution >= 0.6 is 34.7 Å². The number of anilines is 1. The van der Waals surface area contributed by atoms with E-state index in [1.165, 1.54) is 28.0 Å². The van der Waals surface area contributed by atoms with Crippen LogP contribution in [0.4, 0.5) is 5.13 Å². The standard InChI is InChI=1S/C32H28ClN3O7S2/c1-3-40-22-11-9-18(15-24(22)41-4-2)27-26(28(37)19-10-12-23-25(16-19)43-14-13-42-23)29(38)30(39)36(27)31-34-35-32(45-31)44-17-20-7-5-6-8-21(20)33/h5-12,15-16,27,37H,3-4,13-14,17H2,1-2H3/t27-/m1/s1. The van der Waals surface area contributed by atoms with Crippen LogP contribution in [0.5, 0.6) is 23.0 Å². The number of nitrogens with zero attached hydrogens (tertiary/aromatic N) is 3. The van der Waals surface area contributed by atoms with Crippen LogP contribution in [0.1, 0.15) is 36.6 Å². The van der Waals surface area contributed by atoms with E-state index in [-0.39, 0.29) is 16.5 Å². The van der Waals surface area contributed by atoms with Gasteiger partial charge in [-0.25, -0.2) is 0 Å². The lowest BCUT2D eigenvalue weighted by Gasteiger charge is -2.24. The number of hydrogen-bond acceptors (Lipinski definition) is 11. The summed E-state index contributed by atoms with van der Waals surface area (Å²) in [5, 5.41) is 21.1. The molecule has 0 spiro atoms. The zero-order valence-electron chi connectivity index (χ0n) is 24.3. The summed E-state index contributed by atoms with van der Waals surface area (Å²) in [4.78, 5) is 28.7. The van der Waals surface area contributed by atoms with E-state index in [2.05, 4.69) is 10.2 Å². The van der Waals surface area contributed by atoms with Crippen molar-refractivity contribution in [1.82, 2.24) is 10.2 Å². The van der Waals surface area contributed by atoms with E-state index in [4.69, 9.17) is 30.5 Å². The predicted molar refractivity (Wildman–Crippen MR) is 172 cm³/mol. The van der Waals surface area contributed by atoms with Gasteiger partial charge >= 0.3 is 5.91 Å². The van der Waals surface area contributed by atoms with Gasteiger partial charge in [-0.05, 0) is 61.4 Å². The summed E-state index contributed by atoms with van der Waals surface area (Å²) >= 11 is 8.90. The largest absolute Gasteiger partial charge is 0.507 e. The molecule has 0 bridgehead atoms. The number of benzene rings is 3. The molecule has 3 heterocycles. The third kappa shape index (κ3) is 6.18. The van der Waals surface area contributed by atoms with Crippen LogP contribution in [-0.2, 0) is 15.3 Å². The molecule has 3 aromatic carbocycles. The van der Waals surface area contributed by atoms with Gasteiger partial charge in [0.15, 0.2) is 27.3 Å². The van der Waals surface area contributed by atoms with Crippen LogP contribution in [0.25, 0.3) is 5.76 Å². The number of ether oxygens (including phenoxy) is 4. The van der Waals surface area contributed by atoms with Crippen LogP contribution in [0.2, 0.25) is 5.02 Å². The number of carbonyl (C=O) groups is 2. The van der Waals surface area contributed by atoms with Crippen molar-refractivity contribution >= 4 is 57.3 Å². The van der Waals surface area contributed by atoms with E-state index in [0.29, 0.717) is 75.7 Å². The van der Waals surface area contributed by atoms with Crippen LogP contribution in [0, 0.1) is 0 Å². The molecule has 1 fully saturated rings. The molecule has 1 N–H and O–H groups in total. The monoisotopic (exact) mass is 665 g/mol. The molecule has 1 amide bonds. The van der Waals surface area contributed by atoms with Crippen molar-refractivity contribution in [2.24, 2.45) is 0 Å². The van der Waals surface area contributed by atoms with Gasteiger partial charge in [0.05, 0.1) is 24.8 Å². The molecule has 0 unspecified atom stereocenters. The van der Waals surface area contributed by atoms with Gasteiger partial charge < -0.3 is 24.1 Å². The quantitative estimate of drug-likeness (QED) is 0.0646. The summed E-state index contributed by atoms with van der Waals surface area (Å²) in [7, 11) is 0. The Kier molecular flexibility index (Phi) is 9.15. The molecule has 6 rings (SSSR count). The van der Waals surface area contributed by atoms with Crippen LogP contribution in [0.3, 0.4) is 0 Å². The van der Waals surface area contributed by atoms with Gasteiger partial charge in [0.2, 0.25) is 5.13 Å². The molecule has 0 radical (unpaired) electrons. The number of thioether (sulfide) groups is 1. The number of rotatable bonds is 10. The third-order valence-electron chi connectivity index (χ3n) is 7.05. The summed E-state index contributed by atoms with van der Waals surface area (Å²) in [6.07, 6.45) is 0. The molecule has 45 heavy (non-hydrogen) atoms. The minimum Gasteiger partial charge on any atom is -0.507 e. The highest BCUT2D eigenvalue weighted by atomic mass is 35.5. The van der Waals surface area contributed by atoms with Crippen molar-refractivity contribution in [3.05, 3.63) is 87.9 Å². The normalized spacial score (nSPS) is 17.0. The fourth-order valence-corrected chi connectivity index (χ4v) is 7.20. The highest BCUT2D eigenvalue weighted by molar-refractivity contribution is 8.00. The topological polar surface area (TPSA) is 120 Å². The van der Waals surface area contributed by atoms with Crippen molar-refractivity contribution in [1.29, 1.82) is 0 Å². The third-order valence-corrected chi connectivity index (χ3v) is 9.53. The molecule has 1 saturated heterocycles. The summed E-state index contributed by atoms with van der Waals surface area (Å²) in [5.41, 5.74) is 1.63. The first-order valence-corrected chi connectivity index (χ1v) is 16.4. The number of fused-ring (bicyclic) bond motifs is 1. The molecule has 13 heteroatoms. The smallest absolute Gasteiger partial charge is 0.301 e. The maximum atomic E-state index is 13.7. The van der Waals surface area contributed by atoms with Gasteiger partial charge in [0.25, 0.3) is 5.78 Å². The van der Waals surface area contributed by atoms with E-state index in [9.17, 15) is 14.7 Å². The first kappa shape index (κ1) is 30.8. The Balaban J connectivity index is 1.43. The zero-order valence-corrected chi connectivity index (χ0v) is 26.7. The molecular weight excluding hydrogens is 638 g/mol. The van der Waals surface area contributed by atoms with Crippen LogP contribution in [0.15, 0.2) is 70.6 Å². The van der Waals surface area contributed by atoms with Crippen molar-refractivity contribution < 1.29 is 33.6 Å². The lowest BCUT2D eigenvalue weighted by atomic mass is 9.95. The molecule has 2 aliphatic heterocycles. The molecule has 1 aromatic heterocycles. The summed E-state index contributed by atoms with van der Waals surface area (Å²) in [6.45, 7) is 5.25. The second-order valence-electron chi connectivity index (χ2n) is 9.83. The molecule has 0 saturated carbocycles. The predicted octanol–water partition coefficient (Wildman–Crippen LogP) is 6.68.